The molecular weight excluding hydrogens is 316 g/mol. The van der Waals surface area contributed by atoms with Crippen LogP contribution in [0.2, 0.25) is 0 Å². The second kappa shape index (κ2) is 7.18. The average Bonchev–Trinajstić information content (AvgIpc) is 3.34. The zero-order valence-electron chi connectivity index (χ0n) is 14.6. The van der Waals surface area contributed by atoms with Crippen LogP contribution in [-0.2, 0) is 4.74 Å². The maximum absolute atomic E-state index is 12.9. The standard InChI is InChI=1S/C20H26N2O3/c1-2-10-24-17-7-5-16(6-8-17)20(23)22-13-18-19(14-22)25-11-9-21(18)12-15-3-4-15/h2,5-8,15,18-19H,1,3-4,9-14H2/t18-,19+/m1/s1. The number of amides is 1. The molecule has 3 aliphatic rings. The lowest BCUT2D eigenvalue weighted by Crippen LogP contribution is -2.51. The average molecular weight is 342 g/mol. The number of fused-ring (bicyclic) bond motifs is 1. The number of nitrogens with zero attached hydrogens (tertiary/aromatic N) is 2. The summed E-state index contributed by atoms with van der Waals surface area (Å²) >= 11 is 0. The summed E-state index contributed by atoms with van der Waals surface area (Å²) < 4.78 is 11.4. The summed E-state index contributed by atoms with van der Waals surface area (Å²) in [6.07, 6.45) is 4.58. The molecule has 0 bridgehead atoms. The Kier molecular flexibility index (Phi) is 4.77. The van der Waals surface area contributed by atoms with E-state index in [1.165, 1.54) is 19.4 Å². The first-order chi connectivity index (χ1) is 12.2. The van der Waals surface area contributed by atoms with Gasteiger partial charge in [0.25, 0.3) is 5.91 Å². The van der Waals surface area contributed by atoms with Crippen LogP contribution >= 0.6 is 0 Å². The Hall–Kier alpha value is -1.85. The Bertz CT molecular complexity index is 626. The number of carbonyl (C=O) groups excluding carboxylic acids is 1. The van der Waals surface area contributed by atoms with E-state index in [0.29, 0.717) is 24.8 Å². The van der Waals surface area contributed by atoms with Crippen LogP contribution < -0.4 is 4.74 Å². The summed E-state index contributed by atoms with van der Waals surface area (Å²) in [6.45, 7) is 8.51. The predicted molar refractivity (Wildman–Crippen MR) is 95.9 cm³/mol. The predicted octanol–water partition coefficient (Wildman–Crippen LogP) is 2.19. The van der Waals surface area contributed by atoms with Gasteiger partial charge in [-0.25, -0.2) is 0 Å². The lowest BCUT2D eigenvalue weighted by Gasteiger charge is -2.36. The summed E-state index contributed by atoms with van der Waals surface area (Å²) in [6, 6.07) is 7.72. The normalized spacial score (nSPS) is 26.3. The van der Waals surface area contributed by atoms with Gasteiger partial charge in [-0.15, -0.1) is 0 Å². The van der Waals surface area contributed by atoms with Crippen molar-refractivity contribution in [1.82, 2.24) is 9.80 Å². The molecule has 0 N–H and O–H groups in total. The first-order valence-electron chi connectivity index (χ1n) is 9.23. The molecule has 25 heavy (non-hydrogen) atoms. The molecule has 0 radical (unpaired) electrons. The zero-order chi connectivity index (χ0) is 17.2. The van der Waals surface area contributed by atoms with E-state index in [1.54, 1.807) is 6.08 Å². The minimum atomic E-state index is 0.0830. The van der Waals surface area contributed by atoms with Crippen LogP contribution in [0.25, 0.3) is 0 Å². The number of rotatable bonds is 6. The number of likely N-dealkylation sites (tertiary alicyclic amines) is 1. The van der Waals surface area contributed by atoms with E-state index in [4.69, 9.17) is 9.47 Å². The molecule has 1 aliphatic carbocycles. The first kappa shape index (κ1) is 16.6. The molecule has 0 aromatic heterocycles. The van der Waals surface area contributed by atoms with Gasteiger partial charge in [0.1, 0.15) is 12.4 Å². The van der Waals surface area contributed by atoms with Crippen LogP contribution in [0.15, 0.2) is 36.9 Å². The maximum Gasteiger partial charge on any atom is 0.254 e. The Morgan fingerprint density at radius 3 is 2.80 bits per heavy atom. The molecule has 1 aromatic carbocycles. The van der Waals surface area contributed by atoms with E-state index in [0.717, 1.165) is 31.4 Å². The van der Waals surface area contributed by atoms with Crippen LogP contribution in [0, 0.1) is 5.92 Å². The van der Waals surface area contributed by atoms with Gasteiger partial charge in [0.15, 0.2) is 0 Å². The van der Waals surface area contributed by atoms with Crippen molar-refractivity contribution in [3.05, 3.63) is 42.5 Å². The van der Waals surface area contributed by atoms with Gasteiger partial charge >= 0.3 is 0 Å². The highest BCUT2D eigenvalue weighted by Gasteiger charge is 2.43. The van der Waals surface area contributed by atoms with E-state index in [-0.39, 0.29) is 12.0 Å². The van der Waals surface area contributed by atoms with Gasteiger partial charge in [-0.05, 0) is 43.0 Å². The summed E-state index contributed by atoms with van der Waals surface area (Å²) in [7, 11) is 0. The van der Waals surface area contributed by atoms with E-state index in [2.05, 4.69) is 11.5 Å². The molecule has 1 aromatic rings. The largest absolute Gasteiger partial charge is 0.490 e. The number of benzene rings is 1. The minimum Gasteiger partial charge on any atom is -0.490 e. The molecule has 2 aliphatic heterocycles. The topological polar surface area (TPSA) is 42.0 Å². The summed E-state index contributed by atoms with van der Waals surface area (Å²) in [4.78, 5) is 17.3. The lowest BCUT2D eigenvalue weighted by molar-refractivity contribution is -0.0484. The van der Waals surface area contributed by atoms with Gasteiger partial charge in [0, 0.05) is 31.7 Å². The van der Waals surface area contributed by atoms with Gasteiger partial charge in [0.05, 0.1) is 18.8 Å². The van der Waals surface area contributed by atoms with E-state index in [1.807, 2.05) is 29.2 Å². The molecule has 2 heterocycles. The molecule has 1 amide bonds. The fourth-order valence-corrected chi connectivity index (χ4v) is 3.81. The van der Waals surface area contributed by atoms with E-state index < -0.39 is 0 Å². The number of carbonyl (C=O) groups is 1. The van der Waals surface area contributed by atoms with Crippen molar-refractivity contribution in [2.75, 3.05) is 39.4 Å². The molecule has 2 atom stereocenters. The second-order valence-corrected chi connectivity index (χ2v) is 7.25. The third-order valence-electron chi connectivity index (χ3n) is 5.36. The number of hydrogen-bond acceptors (Lipinski definition) is 4. The minimum absolute atomic E-state index is 0.0830. The third kappa shape index (κ3) is 3.72. The Balaban J connectivity index is 1.39. The SMILES string of the molecule is C=CCOc1ccc(C(=O)N2C[C@@H]3OCCN(CC4CC4)[C@@H]3C2)cc1. The fraction of sp³-hybridized carbons (Fsp3) is 0.550. The van der Waals surface area contributed by atoms with Crippen molar-refractivity contribution < 1.29 is 14.3 Å². The van der Waals surface area contributed by atoms with Crippen LogP contribution in [-0.4, -0.2) is 67.2 Å². The third-order valence-corrected chi connectivity index (χ3v) is 5.36. The summed E-state index contributed by atoms with van der Waals surface area (Å²) in [5.74, 6) is 1.71. The zero-order valence-corrected chi connectivity index (χ0v) is 14.6. The number of morpholine rings is 1. The van der Waals surface area contributed by atoms with Crippen molar-refractivity contribution in [2.45, 2.75) is 25.0 Å². The van der Waals surface area contributed by atoms with Gasteiger partial charge in [-0.3, -0.25) is 9.69 Å². The highest BCUT2D eigenvalue weighted by Crippen LogP contribution is 2.33. The molecule has 5 nitrogen and oxygen atoms in total. The van der Waals surface area contributed by atoms with Crippen LogP contribution in [0.3, 0.4) is 0 Å². The molecular formula is C20H26N2O3. The summed E-state index contributed by atoms with van der Waals surface area (Å²) in [5.41, 5.74) is 0.707. The summed E-state index contributed by atoms with van der Waals surface area (Å²) in [5, 5.41) is 0. The van der Waals surface area contributed by atoms with Gasteiger partial charge in [-0.1, -0.05) is 12.7 Å². The Morgan fingerprint density at radius 2 is 2.08 bits per heavy atom. The lowest BCUT2D eigenvalue weighted by atomic mass is 10.1. The quantitative estimate of drug-likeness (QED) is 0.743. The van der Waals surface area contributed by atoms with Crippen molar-refractivity contribution in [2.24, 2.45) is 5.92 Å². The molecule has 2 saturated heterocycles. The van der Waals surface area contributed by atoms with Gasteiger partial charge in [-0.2, -0.15) is 0 Å². The Labute approximate surface area is 149 Å². The highest BCUT2D eigenvalue weighted by molar-refractivity contribution is 5.94. The van der Waals surface area contributed by atoms with Gasteiger partial charge < -0.3 is 14.4 Å². The number of ether oxygens (including phenoxy) is 2. The van der Waals surface area contributed by atoms with Crippen molar-refractivity contribution in [3.63, 3.8) is 0 Å². The van der Waals surface area contributed by atoms with Gasteiger partial charge in [0.2, 0.25) is 0 Å². The molecule has 0 spiro atoms. The van der Waals surface area contributed by atoms with Crippen LogP contribution in [0.5, 0.6) is 5.75 Å². The van der Waals surface area contributed by atoms with E-state index in [9.17, 15) is 4.79 Å². The van der Waals surface area contributed by atoms with Crippen LogP contribution in [0.1, 0.15) is 23.2 Å². The molecule has 3 fully saturated rings. The van der Waals surface area contributed by atoms with Crippen LogP contribution in [0.4, 0.5) is 0 Å². The molecule has 0 unspecified atom stereocenters. The van der Waals surface area contributed by atoms with Crippen molar-refractivity contribution >= 4 is 5.91 Å². The molecule has 134 valence electrons. The molecule has 1 saturated carbocycles. The molecule has 4 rings (SSSR count). The monoisotopic (exact) mass is 342 g/mol. The maximum atomic E-state index is 12.9. The van der Waals surface area contributed by atoms with Crippen molar-refractivity contribution in [1.29, 1.82) is 0 Å². The molecule has 5 heteroatoms. The van der Waals surface area contributed by atoms with E-state index >= 15 is 0 Å². The fourth-order valence-electron chi connectivity index (χ4n) is 3.81. The smallest absolute Gasteiger partial charge is 0.254 e. The first-order valence-corrected chi connectivity index (χ1v) is 9.23. The second-order valence-electron chi connectivity index (χ2n) is 7.25. The number of hydrogen-bond donors (Lipinski definition) is 0. The van der Waals surface area contributed by atoms with Crippen molar-refractivity contribution in [3.8, 4) is 5.75 Å². The highest BCUT2D eigenvalue weighted by atomic mass is 16.5. The Morgan fingerprint density at radius 1 is 1.28 bits per heavy atom.